The second kappa shape index (κ2) is 5.32. The molecule has 18 heavy (non-hydrogen) atoms. The lowest BCUT2D eigenvalue weighted by Gasteiger charge is -2.04. The van der Waals surface area contributed by atoms with Crippen LogP contribution in [0.3, 0.4) is 0 Å². The predicted molar refractivity (Wildman–Crippen MR) is 70.3 cm³/mol. The van der Waals surface area contributed by atoms with Crippen molar-refractivity contribution >= 4 is 34.6 Å². The van der Waals surface area contributed by atoms with E-state index in [-0.39, 0.29) is 0 Å². The largest absolute Gasteiger partial charge is 0.465 e. The van der Waals surface area contributed by atoms with E-state index in [0.717, 1.165) is 5.56 Å². The molecule has 0 atom stereocenters. The van der Waals surface area contributed by atoms with Crippen molar-refractivity contribution in [2.24, 2.45) is 0 Å². The number of rotatable bonds is 3. The number of carbonyl (C=O) groups is 2. The molecular weight excluding hydrogens is 272 g/mol. The standard InChI is InChI=1S/C12H10O4S2/c1-7(13)16-12-10(8-3-4-17-5-8)9(6-18-12)11(14)15-2/h3-6H,1-2H3. The molecule has 0 aliphatic carbocycles. The summed E-state index contributed by atoms with van der Waals surface area (Å²) in [5.74, 6) is -0.851. The SMILES string of the molecule is COC(=O)c1csc(OC(C)=O)c1-c1ccsc1. The first-order valence-electron chi connectivity index (χ1n) is 5.04. The van der Waals surface area contributed by atoms with E-state index >= 15 is 0 Å². The molecule has 4 nitrogen and oxygen atoms in total. The van der Waals surface area contributed by atoms with Crippen LogP contribution in [0.1, 0.15) is 17.3 Å². The van der Waals surface area contributed by atoms with Crippen LogP contribution in [-0.2, 0) is 9.53 Å². The van der Waals surface area contributed by atoms with Gasteiger partial charge >= 0.3 is 11.9 Å². The van der Waals surface area contributed by atoms with Crippen LogP contribution in [0.2, 0.25) is 0 Å². The van der Waals surface area contributed by atoms with Crippen LogP contribution in [0.4, 0.5) is 0 Å². The van der Waals surface area contributed by atoms with Crippen molar-refractivity contribution in [1.29, 1.82) is 0 Å². The van der Waals surface area contributed by atoms with Gasteiger partial charge in [0.2, 0.25) is 0 Å². The fourth-order valence-corrected chi connectivity index (χ4v) is 3.08. The molecule has 2 aromatic heterocycles. The third-order valence-corrected chi connectivity index (χ3v) is 3.75. The molecule has 0 fully saturated rings. The number of ether oxygens (including phenoxy) is 2. The highest BCUT2D eigenvalue weighted by Crippen LogP contribution is 2.40. The topological polar surface area (TPSA) is 52.6 Å². The van der Waals surface area contributed by atoms with Gasteiger partial charge in [0.05, 0.1) is 18.2 Å². The Bertz CT molecular complexity index is 569. The highest BCUT2D eigenvalue weighted by atomic mass is 32.1. The number of thiophene rings is 2. The molecule has 0 saturated heterocycles. The van der Waals surface area contributed by atoms with E-state index in [2.05, 4.69) is 0 Å². The van der Waals surface area contributed by atoms with Crippen molar-refractivity contribution in [2.75, 3.05) is 7.11 Å². The Morgan fingerprint density at radius 2 is 2.06 bits per heavy atom. The number of methoxy groups -OCH3 is 1. The van der Waals surface area contributed by atoms with Crippen molar-refractivity contribution in [2.45, 2.75) is 6.92 Å². The van der Waals surface area contributed by atoms with E-state index in [9.17, 15) is 9.59 Å². The molecule has 0 aromatic carbocycles. The lowest BCUT2D eigenvalue weighted by Crippen LogP contribution is -2.04. The Balaban J connectivity index is 2.53. The Labute approximate surface area is 112 Å². The van der Waals surface area contributed by atoms with Crippen molar-refractivity contribution in [3.8, 4) is 16.2 Å². The molecule has 2 aromatic rings. The van der Waals surface area contributed by atoms with Crippen LogP contribution in [0.5, 0.6) is 5.06 Å². The average Bonchev–Trinajstić information content (AvgIpc) is 2.95. The summed E-state index contributed by atoms with van der Waals surface area (Å²) in [6.07, 6.45) is 0. The molecule has 0 unspecified atom stereocenters. The number of hydrogen-bond donors (Lipinski definition) is 0. The highest BCUT2D eigenvalue weighted by Gasteiger charge is 2.22. The molecule has 0 aliphatic rings. The summed E-state index contributed by atoms with van der Waals surface area (Å²) in [5, 5.41) is 5.84. The second-order valence-corrected chi connectivity index (χ2v) is 5.03. The average molecular weight is 282 g/mol. The summed E-state index contributed by atoms with van der Waals surface area (Å²) in [4.78, 5) is 22.7. The summed E-state index contributed by atoms with van der Waals surface area (Å²) in [7, 11) is 1.32. The third kappa shape index (κ3) is 2.44. The number of hydrogen-bond acceptors (Lipinski definition) is 6. The number of esters is 2. The number of carbonyl (C=O) groups excluding carboxylic acids is 2. The predicted octanol–water partition coefficient (Wildman–Crippen LogP) is 3.19. The molecule has 2 heterocycles. The first-order chi connectivity index (χ1) is 8.63. The Morgan fingerprint density at radius 3 is 2.61 bits per heavy atom. The minimum atomic E-state index is -0.439. The third-order valence-electron chi connectivity index (χ3n) is 2.21. The molecule has 2 rings (SSSR count). The van der Waals surface area contributed by atoms with Gasteiger partial charge < -0.3 is 9.47 Å². The summed E-state index contributed by atoms with van der Waals surface area (Å²) < 4.78 is 9.84. The van der Waals surface area contributed by atoms with E-state index in [1.165, 1.54) is 36.7 Å². The van der Waals surface area contributed by atoms with Gasteiger partial charge in [-0.2, -0.15) is 11.3 Å². The maximum atomic E-state index is 11.7. The van der Waals surface area contributed by atoms with Crippen molar-refractivity contribution in [1.82, 2.24) is 0 Å². The van der Waals surface area contributed by atoms with Crippen LogP contribution in [0.25, 0.3) is 11.1 Å². The van der Waals surface area contributed by atoms with Gasteiger partial charge in [0.1, 0.15) is 0 Å². The summed E-state index contributed by atoms with van der Waals surface area (Å²) in [6, 6.07) is 1.87. The van der Waals surface area contributed by atoms with Gasteiger partial charge in [0.25, 0.3) is 0 Å². The monoisotopic (exact) mass is 282 g/mol. The summed E-state index contributed by atoms with van der Waals surface area (Å²) in [5.41, 5.74) is 1.87. The van der Waals surface area contributed by atoms with Crippen LogP contribution in [-0.4, -0.2) is 19.0 Å². The van der Waals surface area contributed by atoms with E-state index < -0.39 is 11.9 Å². The van der Waals surface area contributed by atoms with E-state index in [1.54, 1.807) is 5.38 Å². The van der Waals surface area contributed by atoms with Gasteiger partial charge in [-0.25, -0.2) is 4.79 Å². The minimum absolute atomic E-state index is 0.412. The van der Waals surface area contributed by atoms with E-state index in [1.807, 2.05) is 16.8 Å². The van der Waals surface area contributed by atoms with E-state index in [4.69, 9.17) is 9.47 Å². The lowest BCUT2D eigenvalue weighted by atomic mass is 10.1. The minimum Gasteiger partial charge on any atom is -0.465 e. The Hall–Kier alpha value is -1.66. The molecule has 0 aliphatic heterocycles. The molecule has 94 valence electrons. The molecule has 0 radical (unpaired) electrons. The van der Waals surface area contributed by atoms with Crippen molar-refractivity contribution in [3.63, 3.8) is 0 Å². The van der Waals surface area contributed by atoms with Gasteiger partial charge in [-0.3, -0.25) is 4.79 Å². The quantitative estimate of drug-likeness (QED) is 0.811. The molecule has 0 amide bonds. The molecule has 0 N–H and O–H groups in total. The van der Waals surface area contributed by atoms with Crippen LogP contribution in [0.15, 0.2) is 22.2 Å². The first-order valence-corrected chi connectivity index (χ1v) is 6.86. The Kier molecular flexibility index (Phi) is 3.78. The van der Waals surface area contributed by atoms with Crippen LogP contribution in [0, 0.1) is 0 Å². The zero-order chi connectivity index (χ0) is 13.1. The van der Waals surface area contributed by atoms with Gasteiger partial charge in [0.15, 0.2) is 5.06 Å². The fourth-order valence-electron chi connectivity index (χ4n) is 1.49. The first kappa shape index (κ1) is 12.8. The normalized spacial score (nSPS) is 10.1. The van der Waals surface area contributed by atoms with Gasteiger partial charge in [0, 0.05) is 12.3 Å². The van der Waals surface area contributed by atoms with Gasteiger partial charge in [-0.05, 0) is 22.4 Å². The molecule has 6 heteroatoms. The smallest absolute Gasteiger partial charge is 0.339 e. The lowest BCUT2D eigenvalue weighted by molar-refractivity contribution is -0.131. The van der Waals surface area contributed by atoms with Gasteiger partial charge in [-0.1, -0.05) is 0 Å². The van der Waals surface area contributed by atoms with Crippen molar-refractivity contribution < 1.29 is 19.1 Å². The summed E-state index contributed by atoms with van der Waals surface area (Å²) >= 11 is 2.71. The molecule has 0 bridgehead atoms. The van der Waals surface area contributed by atoms with Crippen molar-refractivity contribution in [3.05, 3.63) is 27.8 Å². The maximum absolute atomic E-state index is 11.7. The summed E-state index contributed by atoms with van der Waals surface area (Å²) in [6.45, 7) is 1.33. The Morgan fingerprint density at radius 1 is 1.28 bits per heavy atom. The van der Waals surface area contributed by atoms with E-state index in [0.29, 0.717) is 16.2 Å². The maximum Gasteiger partial charge on any atom is 0.339 e. The zero-order valence-corrected chi connectivity index (χ0v) is 11.4. The molecule has 0 spiro atoms. The fraction of sp³-hybridized carbons (Fsp3) is 0.167. The van der Waals surface area contributed by atoms with Crippen LogP contribution < -0.4 is 4.74 Å². The zero-order valence-electron chi connectivity index (χ0n) is 9.76. The van der Waals surface area contributed by atoms with Gasteiger partial charge in [-0.15, -0.1) is 11.3 Å². The van der Waals surface area contributed by atoms with Crippen LogP contribution >= 0.6 is 22.7 Å². The molecular formula is C12H10O4S2. The second-order valence-electron chi connectivity index (χ2n) is 3.41. The molecule has 0 saturated carbocycles. The highest BCUT2D eigenvalue weighted by molar-refractivity contribution is 7.13.